The standard InChI is InChI=1S/C21H31N2O6P/c1-4-28-30(26,29-5-2)15-19(23-27-3)21(25)22-18-14-10-9-13-17(18)20(24)16-11-7-6-8-12-16/h9-10,13-14,16H,4-8,11-12,15H2,1-3H3,(H,22,25)/b23-19+. The molecule has 0 heterocycles. The molecule has 1 fully saturated rings. The maximum Gasteiger partial charge on any atom is 0.336 e. The van der Waals surface area contributed by atoms with Crippen molar-refractivity contribution in [3.63, 3.8) is 0 Å². The molecule has 2 rings (SSSR count). The Kier molecular flexibility index (Phi) is 9.69. The molecule has 1 aliphatic rings. The van der Waals surface area contributed by atoms with Crippen molar-refractivity contribution < 1.29 is 28.0 Å². The van der Waals surface area contributed by atoms with E-state index in [1.54, 1.807) is 38.1 Å². The van der Waals surface area contributed by atoms with Crippen LogP contribution in [0.15, 0.2) is 29.4 Å². The summed E-state index contributed by atoms with van der Waals surface area (Å²) in [4.78, 5) is 30.6. The van der Waals surface area contributed by atoms with Crippen molar-refractivity contribution in [1.29, 1.82) is 0 Å². The molecule has 0 atom stereocenters. The molecule has 1 saturated carbocycles. The summed E-state index contributed by atoms with van der Waals surface area (Å²) in [6.45, 7) is 3.70. The summed E-state index contributed by atoms with van der Waals surface area (Å²) in [5.41, 5.74) is 0.722. The third-order valence-corrected chi connectivity index (χ3v) is 6.87. The highest BCUT2D eigenvalue weighted by Gasteiger charge is 2.31. The predicted octanol–water partition coefficient (Wildman–Crippen LogP) is 4.66. The Balaban J connectivity index is 2.21. The first-order valence-corrected chi connectivity index (χ1v) is 12.1. The Morgan fingerprint density at radius 3 is 2.33 bits per heavy atom. The van der Waals surface area contributed by atoms with E-state index in [0.717, 1.165) is 32.1 Å². The SMILES string of the molecule is CCOP(=O)(C/C(=N\OC)C(=O)Nc1ccccc1C(=O)C1CCCCC1)OCC. The van der Waals surface area contributed by atoms with E-state index in [1.165, 1.54) is 7.11 Å². The molecule has 1 amide bonds. The summed E-state index contributed by atoms with van der Waals surface area (Å²) in [5, 5.41) is 6.44. The van der Waals surface area contributed by atoms with Crippen LogP contribution >= 0.6 is 7.60 Å². The number of ketones is 1. The number of amides is 1. The molecule has 1 N–H and O–H groups in total. The van der Waals surface area contributed by atoms with Crippen LogP contribution in [-0.4, -0.2) is 43.9 Å². The van der Waals surface area contributed by atoms with E-state index in [9.17, 15) is 14.2 Å². The van der Waals surface area contributed by atoms with Gasteiger partial charge in [-0.25, -0.2) is 0 Å². The number of rotatable bonds is 11. The average Bonchev–Trinajstić information content (AvgIpc) is 2.74. The first-order chi connectivity index (χ1) is 14.4. The summed E-state index contributed by atoms with van der Waals surface area (Å²) >= 11 is 0. The molecule has 0 aromatic heterocycles. The Hall–Kier alpha value is -2.02. The number of para-hydroxylation sites is 1. The zero-order chi connectivity index (χ0) is 22.0. The van der Waals surface area contributed by atoms with E-state index in [4.69, 9.17) is 13.9 Å². The first-order valence-electron chi connectivity index (χ1n) is 10.4. The fraction of sp³-hybridized carbons (Fsp3) is 0.571. The molecule has 0 unspecified atom stereocenters. The second kappa shape index (κ2) is 12.0. The van der Waals surface area contributed by atoms with Gasteiger partial charge in [-0.15, -0.1) is 0 Å². The number of anilines is 1. The number of hydrogen-bond donors (Lipinski definition) is 1. The van der Waals surface area contributed by atoms with Crippen LogP contribution in [0.2, 0.25) is 0 Å². The summed E-state index contributed by atoms with van der Waals surface area (Å²) in [7, 11) is -2.26. The zero-order valence-corrected chi connectivity index (χ0v) is 18.8. The minimum absolute atomic E-state index is 0.0277. The molecule has 30 heavy (non-hydrogen) atoms. The Labute approximate surface area is 177 Å². The molecule has 0 bridgehead atoms. The molecule has 9 heteroatoms. The quantitative estimate of drug-likeness (QED) is 0.233. The highest BCUT2D eigenvalue weighted by molar-refractivity contribution is 7.55. The molecular formula is C21H31N2O6P. The van der Waals surface area contributed by atoms with Gasteiger partial charge in [-0.3, -0.25) is 14.2 Å². The summed E-state index contributed by atoms with van der Waals surface area (Å²) in [6.07, 6.45) is 4.62. The van der Waals surface area contributed by atoms with Crippen molar-refractivity contribution in [1.82, 2.24) is 0 Å². The average molecular weight is 438 g/mol. The fourth-order valence-electron chi connectivity index (χ4n) is 3.54. The highest BCUT2D eigenvalue weighted by Crippen LogP contribution is 2.48. The van der Waals surface area contributed by atoms with Crippen molar-refractivity contribution in [3.05, 3.63) is 29.8 Å². The minimum atomic E-state index is -3.56. The number of nitrogens with one attached hydrogen (secondary N) is 1. The molecular weight excluding hydrogens is 407 g/mol. The number of Topliss-reactive ketones (excluding diaryl/α,β-unsaturated/α-hetero) is 1. The predicted molar refractivity (Wildman–Crippen MR) is 116 cm³/mol. The monoisotopic (exact) mass is 438 g/mol. The smallest absolute Gasteiger partial charge is 0.336 e. The number of carbonyl (C=O) groups is 2. The lowest BCUT2D eigenvalue weighted by Crippen LogP contribution is -2.28. The summed E-state index contributed by atoms with van der Waals surface area (Å²) in [6, 6.07) is 6.90. The maximum atomic E-state index is 13.0. The van der Waals surface area contributed by atoms with Gasteiger partial charge in [0.2, 0.25) is 0 Å². The first kappa shape index (κ1) is 24.3. The number of nitrogens with zero attached hydrogens (tertiary/aromatic N) is 1. The van der Waals surface area contributed by atoms with Crippen molar-refractivity contribution in [2.45, 2.75) is 46.0 Å². The van der Waals surface area contributed by atoms with Crippen LogP contribution in [0.25, 0.3) is 0 Å². The third-order valence-electron chi connectivity index (χ3n) is 4.88. The molecule has 0 saturated heterocycles. The van der Waals surface area contributed by atoms with Gasteiger partial charge in [-0.05, 0) is 38.8 Å². The minimum Gasteiger partial charge on any atom is -0.399 e. The van der Waals surface area contributed by atoms with Gasteiger partial charge in [-0.2, -0.15) is 0 Å². The molecule has 1 aromatic rings. The third kappa shape index (κ3) is 6.76. The lowest BCUT2D eigenvalue weighted by molar-refractivity contribution is -0.110. The fourth-order valence-corrected chi connectivity index (χ4v) is 5.16. The Morgan fingerprint density at radius 2 is 1.73 bits per heavy atom. The molecule has 166 valence electrons. The summed E-state index contributed by atoms with van der Waals surface area (Å²) < 4.78 is 23.3. The van der Waals surface area contributed by atoms with Crippen LogP contribution in [0, 0.1) is 5.92 Å². The lowest BCUT2D eigenvalue weighted by Gasteiger charge is -2.22. The number of hydrogen-bond acceptors (Lipinski definition) is 7. The molecule has 0 radical (unpaired) electrons. The molecule has 0 spiro atoms. The topological polar surface area (TPSA) is 103 Å². The van der Waals surface area contributed by atoms with Crippen molar-refractivity contribution in [3.8, 4) is 0 Å². The van der Waals surface area contributed by atoms with Gasteiger partial charge < -0.3 is 19.2 Å². The zero-order valence-electron chi connectivity index (χ0n) is 17.9. The van der Waals surface area contributed by atoms with Gasteiger partial charge >= 0.3 is 7.60 Å². The van der Waals surface area contributed by atoms with E-state index in [2.05, 4.69) is 10.5 Å². The van der Waals surface area contributed by atoms with E-state index < -0.39 is 13.5 Å². The van der Waals surface area contributed by atoms with Crippen molar-refractivity contribution in [2.75, 3.05) is 31.8 Å². The van der Waals surface area contributed by atoms with Crippen molar-refractivity contribution >= 4 is 30.7 Å². The molecule has 1 aliphatic carbocycles. The van der Waals surface area contributed by atoms with E-state index >= 15 is 0 Å². The van der Waals surface area contributed by atoms with Gasteiger partial charge in [0.15, 0.2) is 11.5 Å². The van der Waals surface area contributed by atoms with Gasteiger partial charge in [0.1, 0.15) is 13.3 Å². The van der Waals surface area contributed by atoms with Gasteiger partial charge in [-0.1, -0.05) is 36.6 Å². The molecule has 1 aromatic carbocycles. The van der Waals surface area contributed by atoms with Crippen LogP contribution < -0.4 is 5.32 Å². The Morgan fingerprint density at radius 1 is 1.10 bits per heavy atom. The number of oxime groups is 1. The normalized spacial score (nSPS) is 15.6. The maximum absolute atomic E-state index is 13.0. The number of carbonyl (C=O) groups excluding carboxylic acids is 2. The van der Waals surface area contributed by atoms with Crippen molar-refractivity contribution in [2.24, 2.45) is 11.1 Å². The van der Waals surface area contributed by atoms with Crippen LogP contribution in [0.1, 0.15) is 56.3 Å². The number of benzene rings is 1. The Bertz CT molecular complexity index is 794. The van der Waals surface area contributed by atoms with Crippen LogP contribution in [-0.2, 0) is 23.2 Å². The second-order valence-electron chi connectivity index (χ2n) is 7.02. The molecule has 0 aliphatic heterocycles. The lowest BCUT2D eigenvalue weighted by atomic mass is 9.83. The van der Waals surface area contributed by atoms with E-state index in [-0.39, 0.29) is 36.8 Å². The van der Waals surface area contributed by atoms with E-state index in [0.29, 0.717) is 11.3 Å². The van der Waals surface area contributed by atoms with Crippen LogP contribution in [0.4, 0.5) is 5.69 Å². The van der Waals surface area contributed by atoms with E-state index in [1.807, 2.05) is 0 Å². The van der Waals surface area contributed by atoms with Crippen LogP contribution in [0.3, 0.4) is 0 Å². The molecule has 8 nitrogen and oxygen atoms in total. The van der Waals surface area contributed by atoms with Gasteiger partial charge in [0.05, 0.1) is 18.9 Å². The van der Waals surface area contributed by atoms with Gasteiger partial charge in [0, 0.05) is 11.5 Å². The summed E-state index contributed by atoms with van der Waals surface area (Å²) in [5.74, 6) is -0.620. The highest BCUT2D eigenvalue weighted by atomic mass is 31.2. The largest absolute Gasteiger partial charge is 0.399 e. The van der Waals surface area contributed by atoms with Gasteiger partial charge in [0.25, 0.3) is 5.91 Å². The van der Waals surface area contributed by atoms with Crippen LogP contribution in [0.5, 0.6) is 0 Å². The second-order valence-corrected chi connectivity index (χ2v) is 9.08.